The van der Waals surface area contributed by atoms with Crippen LogP contribution < -0.4 is 11.3 Å². The van der Waals surface area contributed by atoms with Gasteiger partial charge in [0.1, 0.15) is 5.82 Å². The third kappa shape index (κ3) is 2.46. The van der Waals surface area contributed by atoms with Gasteiger partial charge in [0, 0.05) is 5.02 Å². The molecule has 3 N–H and O–H groups in total. The zero-order chi connectivity index (χ0) is 12.5. The maximum Gasteiger partial charge on any atom is 0.123 e. The summed E-state index contributed by atoms with van der Waals surface area (Å²) < 4.78 is 13.3. The van der Waals surface area contributed by atoms with Gasteiger partial charge < -0.3 is 0 Å². The van der Waals surface area contributed by atoms with Gasteiger partial charge in [0.2, 0.25) is 0 Å². The second kappa shape index (κ2) is 4.92. The zero-order valence-electron chi connectivity index (χ0n) is 9.97. The molecular formula is C13H18ClFN2. The van der Waals surface area contributed by atoms with Gasteiger partial charge in [-0.15, -0.1) is 0 Å². The number of benzene rings is 1. The van der Waals surface area contributed by atoms with Gasteiger partial charge in [-0.25, -0.2) is 4.39 Å². The van der Waals surface area contributed by atoms with E-state index in [1.54, 1.807) is 6.07 Å². The van der Waals surface area contributed by atoms with Crippen molar-refractivity contribution in [3.8, 4) is 0 Å². The van der Waals surface area contributed by atoms with E-state index in [1.807, 2.05) is 0 Å². The lowest BCUT2D eigenvalue weighted by Gasteiger charge is -2.34. The first-order valence-corrected chi connectivity index (χ1v) is 6.36. The van der Waals surface area contributed by atoms with E-state index in [0.717, 1.165) is 18.4 Å². The number of halogens is 2. The van der Waals surface area contributed by atoms with E-state index in [1.165, 1.54) is 25.0 Å². The normalized spacial score (nSPS) is 20.5. The minimum atomic E-state index is -0.272. The average Bonchev–Trinajstić information content (AvgIpc) is 2.72. The number of nitrogens with one attached hydrogen (secondary N) is 1. The number of hydrogen-bond donors (Lipinski definition) is 2. The Hall–Kier alpha value is -0.640. The topological polar surface area (TPSA) is 38.0 Å². The molecule has 2 rings (SSSR count). The molecule has 0 saturated heterocycles. The molecule has 1 fully saturated rings. The SMILES string of the molecule is CC1(C(NN)c2cc(F)ccc2Cl)CCCC1. The van der Waals surface area contributed by atoms with Crippen LogP contribution in [0.2, 0.25) is 5.02 Å². The summed E-state index contributed by atoms with van der Waals surface area (Å²) in [4.78, 5) is 0. The average molecular weight is 257 g/mol. The van der Waals surface area contributed by atoms with E-state index in [9.17, 15) is 4.39 Å². The molecule has 0 heterocycles. The van der Waals surface area contributed by atoms with E-state index in [0.29, 0.717) is 5.02 Å². The molecule has 0 amide bonds. The molecule has 1 aromatic rings. The summed E-state index contributed by atoms with van der Waals surface area (Å²) in [5.41, 5.74) is 3.64. The van der Waals surface area contributed by atoms with Crippen LogP contribution in [0.3, 0.4) is 0 Å². The van der Waals surface area contributed by atoms with Gasteiger partial charge in [0.15, 0.2) is 0 Å². The predicted octanol–water partition coefficient (Wildman–Crippen LogP) is 3.56. The summed E-state index contributed by atoms with van der Waals surface area (Å²) in [6.07, 6.45) is 4.58. The van der Waals surface area contributed by atoms with Gasteiger partial charge in [0.25, 0.3) is 0 Å². The van der Waals surface area contributed by atoms with E-state index in [4.69, 9.17) is 17.4 Å². The van der Waals surface area contributed by atoms with Gasteiger partial charge >= 0.3 is 0 Å². The molecule has 1 saturated carbocycles. The third-order valence-corrected chi connectivity index (χ3v) is 4.22. The Morgan fingerprint density at radius 3 is 2.65 bits per heavy atom. The highest BCUT2D eigenvalue weighted by atomic mass is 35.5. The molecule has 0 radical (unpaired) electrons. The molecule has 94 valence electrons. The van der Waals surface area contributed by atoms with E-state index in [2.05, 4.69) is 12.3 Å². The highest BCUT2D eigenvalue weighted by Crippen LogP contribution is 2.48. The first-order valence-electron chi connectivity index (χ1n) is 5.98. The summed E-state index contributed by atoms with van der Waals surface area (Å²) in [5.74, 6) is 5.39. The maximum absolute atomic E-state index is 13.3. The van der Waals surface area contributed by atoms with Gasteiger partial charge in [0.05, 0.1) is 6.04 Å². The highest BCUT2D eigenvalue weighted by Gasteiger charge is 2.38. The minimum absolute atomic E-state index is 0.0617. The Bertz CT molecular complexity index is 402. The molecule has 0 aliphatic heterocycles. The van der Waals surface area contributed by atoms with Gasteiger partial charge in [-0.2, -0.15) is 0 Å². The van der Waals surface area contributed by atoms with Crippen molar-refractivity contribution in [3.63, 3.8) is 0 Å². The fourth-order valence-electron chi connectivity index (χ4n) is 2.87. The van der Waals surface area contributed by atoms with Gasteiger partial charge in [-0.3, -0.25) is 11.3 Å². The van der Waals surface area contributed by atoms with Crippen molar-refractivity contribution in [1.29, 1.82) is 0 Å². The Morgan fingerprint density at radius 1 is 1.41 bits per heavy atom. The molecule has 17 heavy (non-hydrogen) atoms. The van der Waals surface area contributed by atoms with Crippen LogP contribution in [0.15, 0.2) is 18.2 Å². The number of hydrogen-bond acceptors (Lipinski definition) is 2. The summed E-state index contributed by atoms with van der Waals surface area (Å²) in [6.45, 7) is 2.19. The maximum atomic E-state index is 13.3. The fraction of sp³-hybridized carbons (Fsp3) is 0.538. The lowest BCUT2D eigenvalue weighted by atomic mass is 9.77. The van der Waals surface area contributed by atoms with Crippen LogP contribution in [0.5, 0.6) is 0 Å². The van der Waals surface area contributed by atoms with Crippen molar-refractivity contribution in [2.24, 2.45) is 11.3 Å². The Morgan fingerprint density at radius 2 is 2.06 bits per heavy atom. The predicted molar refractivity (Wildman–Crippen MR) is 68.0 cm³/mol. The molecule has 0 spiro atoms. The van der Waals surface area contributed by atoms with Crippen LogP contribution in [0, 0.1) is 11.2 Å². The van der Waals surface area contributed by atoms with Crippen molar-refractivity contribution in [3.05, 3.63) is 34.6 Å². The number of hydrazine groups is 1. The number of rotatable bonds is 3. The molecule has 4 heteroatoms. The van der Waals surface area contributed by atoms with Crippen LogP contribution in [0.4, 0.5) is 4.39 Å². The van der Waals surface area contributed by atoms with Gasteiger partial charge in [-0.05, 0) is 42.0 Å². The van der Waals surface area contributed by atoms with Crippen LogP contribution in [-0.2, 0) is 0 Å². The van der Waals surface area contributed by atoms with E-state index < -0.39 is 0 Å². The van der Waals surface area contributed by atoms with Crippen LogP contribution in [0.25, 0.3) is 0 Å². The standard InChI is InChI=1S/C13H18ClFN2/c1-13(6-2-3-7-13)12(17-16)10-8-9(15)4-5-11(10)14/h4-5,8,12,17H,2-3,6-7,16H2,1H3. The van der Waals surface area contributed by atoms with Crippen molar-refractivity contribution in [2.45, 2.75) is 38.6 Å². The Kier molecular flexibility index (Phi) is 3.71. The second-order valence-electron chi connectivity index (χ2n) is 5.13. The van der Waals surface area contributed by atoms with E-state index >= 15 is 0 Å². The first kappa shape index (κ1) is 12.8. The van der Waals surface area contributed by atoms with Crippen LogP contribution in [-0.4, -0.2) is 0 Å². The summed E-state index contributed by atoms with van der Waals surface area (Å²) in [5, 5.41) is 0.572. The van der Waals surface area contributed by atoms with Crippen molar-refractivity contribution < 1.29 is 4.39 Å². The molecule has 0 bridgehead atoms. The third-order valence-electron chi connectivity index (χ3n) is 3.88. The van der Waals surface area contributed by atoms with Crippen LogP contribution in [0.1, 0.15) is 44.2 Å². The number of nitrogens with two attached hydrogens (primary N) is 1. The Balaban J connectivity index is 2.37. The van der Waals surface area contributed by atoms with Crippen molar-refractivity contribution >= 4 is 11.6 Å². The zero-order valence-corrected chi connectivity index (χ0v) is 10.7. The molecular weight excluding hydrogens is 239 g/mol. The molecule has 2 nitrogen and oxygen atoms in total. The largest absolute Gasteiger partial charge is 0.271 e. The minimum Gasteiger partial charge on any atom is -0.271 e. The lowest BCUT2D eigenvalue weighted by molar-refractivity contribution is 0.224. The smallest absolute Gasteiger partial charge is 0.123 e. The molecule has 1 unspecified atom stereocenters. The quantitative estimate of drug-likeness (QED) is 0.641. The molecule has 0 aromatic heterocycles. The Labute approximate surface area is 106 Å². The molecule has 1 aliphatic rings. The van der Waals surface area contributed by atoms with E-state index in [-0.39, 0.29) is 17.3 Å². The summed E-state index contributed by atoms with van der Waals surface area (Å²) in [6, 6.07) is 4.36. The molecule has 1 aliphatic carbocycles. The first-order chi connectivity index (χ1) is 8.07. The lowest BCUT2D eigenvalue weighted by Crippen LogP contribution is -2.38. The van der Waals surface area contributed by atoms with Crippen molar-refractivity contribution in [2.75, 3.05) is 0 Å². The van der Waals surface area contributed by atoms with Crippen LogP contribution >= 0.6 is 11.6 Å². The summed E-state index contributed by atoms with van der Waals surface area (Å²) >= 11 is 6.15. The monoisotopic (exact) mass is 256 g/mol. The fourth-order valence-corrected chi connectivity index (χ4v) is 3.10. The molecule has 1 atom stereocenters. The van der Waals surface area contributed by atoms with Gasteiger partial charge in [-0.1, -0.05) is 31.4 Å². The second-order valence-corrected chi connectivity index (χ2v) is 5.53. The van der Waals surface area contributed by atoms with Crippen molar-refractivity contribution in [1.82, 2.24) is 5.43 Å². The highest BCUT2D eigenvalue weighted by molar-refractivity contribution is 6.31. The molecule has 1 aromatic carbocycles. The summed E-state index contributed by atoms with van der Waals surface area (Å²) in [7, 11) is 0.